The number of nitrogens with one attached hydrogen (secondary N) is 1. The van der Waals surface area contributed by atoms with E-state index in [0.29, 0.717) is 12.0 Å². The number of hydrogen-bond acceptors (Lipinski definition) is 2. The van der Waals surface area contributed by atoms with E-state index in [9.17, 15) is 8.78 Å². The van der Waals surface area contributed by atoms with Gasteiger partial charge in [-0.1, -0.05) is 11.6 Å². The van der Waals surface area contributed by atoms with Crippen LogP contribution in [0.1, 0.15) is 5.56 Å². The molecule has 0 amide bonds. The number of rotatable bonds is 3. The predicted molar refractivity (Wildman–Crippen MR) is 64.4 cm³/mol. The van der Waals surface area contributed by atoms with Crippen LogP contribution in [0.25, 0.3) is 0 Å². The van der Waals surface area contributed by atoms with Gasteiger partial charge < -0.3 is 10.2 Å². The lowest BCUT2D eigenvalue weighted by atomic mass is 10.1. The van der Waals surface area contributed by atoms with E-state index in [1.165, 1.54) is 6.07 Å². The normalized spacial score (nSPS) is 17.4. The maximum atomic E-state index is 13.5. The summed E-state index contributed by atoms with van der Waals surface area (Å²) in [6.07, 6.45) is 0.514. The Labute approximate surface area is 105 Å². The van der Waals surface area contributed by atoms with Gasteiger partial charge in [0, 0.05) is 32.7 Å². The van der Waals surface area contributed by atoms with Gasteiger partial charge in [0.2, 0.25) is 0 Å². The molecule has 1 N–H and O–H groups in total. The van der Waals surface area contributed by atoms with Crippen molar-refractivity contribution < 1.29 is 8.78 Å². The zero-order valence-electron chi connectivity index (χ0n) is 9.48. The molecule has 1 fully saturated rings. The molecule has 0 aromatic heterocycles. The SMILES string of the molecule is Fc1cc(CCN2CCNCC2)c(F)cc1Cl. The lowest BCUT2D eigenvalue weighted by Gasteiger charge is -2.27. The standard InChI is InChI=1S/C12H15ClF2N2/c13-10-8-11(14)9(7-12(10)15)1-4-17-5-2-16-3-6-17/h7-8,16H,1-6H2. The molecular weight excluding hydrogens is 246 g/mol. The van der Waals surface area contributed by atoms with Crippen LogP contribution in [-0.2, 0) is 6.42 Å². The molecule has 0 aliphatic carbocycles. The number of piperazine rings is 1. The van der Waals surface area contributed by atoms with E-state index < -0.39 is 11.6 Å². The molecule has 1 aliphatic rings. The van der Waals surface area contributed by atoms with Crippen LogP contribution in [0.4, 0.5) is 8.78 Å². The molecule has 1 heterocycles. The molecule has 1 aromatic rings. The van der Waals surface area contributed by atoms with E-state index in [1.54, 1.807) is 0 Å². The first-order valence-electron chi connectivity index (χ1n) is 5.73. The molecule has 0 unspecified atom stereocenters. The van der Waals surface area contributed by atoms with Gasteiger partial charge in [0.25, 0.3) is 0 Å². The van der Waals surface area contributed by atoms with Crippen LogP contribution < -0.4 is 5.32 Å². The monoisotopic (exact) mass is 260 g/mol. The zero-order chi connectivity index (χ0) is 12.3. The highest BCUT2D eigenvalue weighted by Crippen LogP contribution is 2.19. The zero-order valence-corrected chi connectivity index (χ0v) is 10.2. The number of halogens is 3. The molecular formula is C12H15ClF2N2. The smallest absolute Gasteiger partial charge is 0.142 e. The molecule has 2 rings (SSSR count). The molecule has 17 heavy (non-hydrogen) atoms. The summed E-state index contributed by atoms with van der Waals surface area (Å²) in [5.41, 5.74) is 0.394. The van der Waals surface area contributed by atoms with Crippen LogP contribution >= 0.6 is 11.6 Å². The van der Waals surface area contributed by atoms with Gasteiger partial charge in [-0.3, -0.25) is 0 Å². The van der Waals surface area contributed by atoms with E-state index in [1.807, 2.05) is 0 Å². The van der Waals surface area contributed by atoms with Gasteiger partial charge in [-0.25, -0.2) is 8.78 Å². The largest absolute Gasteiger partial charge is 0.314 e. The van der Waals surface area contributed by atoms with Gasteiger partial charge >= 0.3 is 0 Å². The number of benzene rings is 1. The third-order valence-corrected chi connectivity index (χ3v) is 3.29. The van der Waals surface area contributed by atoms with Crippen molar-refractivity contribution in [2.45, 2.75) is 6.42 Å². The van der Waals surface area contributed by atoms with E-state index in [2.05, 4.69) is 10.2 Å². The fourth-order valence-corrected chi connectivity index (χ4v) is 2.12. The third kappa shape index (κ3) is 3.37. The second-order valence-electron chi connectivity index (χ2n) is 4.20. The van der Waals surface area contributed by atoms with Crippen molar-refractivity contribution in [1.29, 1.82) is 0 Å². The van der Waals surface area contributed by atoms with E-state index in [4.69, 9.17) is 11.6 Å². The lowest BCUT2D eigenvalue weighted by Crippen LogP contribution is -2.44. The highest BCUT2D eigenvalue weighted by molar-refractivity contribution is 6.30. The van der Waals surface area contributed by atoms with Crippen molar-refractivity contribution in [3.05, 3.63) is 34.4 Å². The first-order chi connectivity index (χ1) is 8.16. The molecule has 1 aromatic carbocycles. The summed E-state index contributed by atoms with van der Waals surface area (Å²) in [5, 5.41) is 3.09. The molecule has 1 aliphatic heterocycles. The summed E-state index contributed by atoms with van der Waals surface area (Å²) < 4.78 is 26.7. The predicted octanol–water partition coefficient (Wildman–Crippen LogP) is 2.07. The van der Waals surface area contributed by atoms with Crippen LogP contribution in [-0.4, -0.2) is 37.6 Å². The quantitative estimate of drug-likeness (QED) is 0.837. The Morgan fingerprint density at radius 2 is 1.88 bits per heavy atom. The minimum absolute atomic E-state index is 0.159. The third-order valence-electron chi connectivity index (χ3n) is 3.00. The highest BCUT2D eigenvalue weighted by Gasteiger charge is 2.12. The minimum atomic E-state index is -0.552. The van der Waals surface area contributed by atoms with E-state index >= 15 is 0 Å². The topological polar surface area (TPSA) is 15.3 Å². The van der Waals surface area contributed by atoms with Gasteiger partial charge in [0.1, 0.15) is 11.6 Å². The molecule has 0 spiro atoms. The van der Waals surface area contributed by atoms with Crippen LogP contribution in [0.2, 0.25) is 5.02 Å². The van der Waals surface area contributed by atoms with Crippen molar-refractivity contribution in [1.82, 2.24) is 10.2 Å². The van der Waals surface area contributed by atoms with Crippen molar-refractivity contribution in [3.63, 3.8) is 0 Å². The number of nitrogens with zero attached hydrogens (tertiary/aromatic N) is 1. The molecule has 0 radical (unpaired) electrons. The Morgan fingerprint density at radius 3 is 2.59 bits per heavy atom. The lowest BCUT2D eigenvalue weighted by molar-refractivity contribution is 0.243. The average Bonchev–Trinajstić information content (AvgIpc) is 2.33. The second kappa shape index (κ2) is 5.76. The van der Waals surface area contributed by atoms with Crippen molar-refractivity contribution in [2.24, 2.45) is 0 Å². The summed E-state index contributed by atoms with van der Waals surface area (Å²) in [5.74, 6) is -0.977. The maximum Gasteiger partial charge on any atom is 0.142 e. The Morgan fingerprint density at radius 1 is 1.18 bits per heavy atom. The molecule has 0 atom stereocenters. The summed E-state index contributed by atoms with van der Waals surface area (Å²) in [6, 6.07) is 2.24. The molecule has 94 valence electrons. The van der Waals surface area contributed by atoms with Crippen molar-refractivity contribution in [2.75, 3.05) is 32.7 Å². The molecule has 0 bridgehead atoms. The number of hydrogen-bond donors (Lipinski definition) is 1. The Hall–Kier alpha value is -0.710. The van der Waals surface area contributed by atoms with Crippen LogP contribution in [0.15, 0.2) is 12.1 Å². The van der Waals surface area contributed by atoms with Crippen molar-refractivity contribution >= 4 is 11.6 Å². The maximum absolute atomic E-state index is 13.5. The summed E-state index contributed by atoms with van der Waals surface area (Å²) in [6.45, 7) is 4.57. The van der Waals surface area contributed by atoms with E-state index in [0.717, 1.165) is 38.8 Å². The van der Waals surface area contributed by atoms with Gasteiger partial charge in [0.05, 0.1) is 5.02 Å². The summed E-state index contributed by atoms with van der Waals surface area (Å²) in [7, 11) is 0. The highest BCUT2D eigenvalue weighted by atomic mass is 35.5. The van der Waals surface area contributed by atoms with Gasteiger partial charge in [0.15, 0.2) is 0 Å². The van der Waals surface area contributed by atoms with Crippen LogP contribution in [0.3, 0.4) is 0 Å². The summed E-state index contributed by atoms with van der Waals surface area (Å²) >= 11 is 5.50. The van der Waals surface area contributed by atoms with Crippen LogP contribution in [0.5, 0.6) is 0 Å². The van der Waals surface area contributed by atoms with Crippen molar-refractivity contribution in [3.8, 4) is 0 Å². The molecule has 2 nitrogen and oxygen atoms in total. The molecule has 0 saturated carbocycles. The van der Waals surface area contributed by atoms with Gasteiger partial charge in [-0.05, 0) is 24.1 Å². The fraction of sp³-hybridized carbons (Fsp3) is 0.500. The first-order valence-corrected chi connectivity index (χ1v) is 6.11. The van der Waals surface area contributed by atoms with Crippen LogP contribution in [0, 0.1) is 11.6 Å². The minimum Gasteiger partial charge on any atom is -0.314 e. The molecule has 5 heteroatoms. The van der Waals surface area contributed by atoms with Gasteiger partial charge in [-0.15, -0.1) is 0 Å². The Bertz CT molecular complexity index is 392. The van der Waals surface area contributed by atoms with E-state index in [-0.39, 0.29) is 5.02 Å². The second-order valence-corrected chi connectivity index (χ2v) is 4.61. The molecule has 1 saturated heterocycles. The Balaban J connectivity index is 1.96. The average molecular weight is 261 g/mol. The Kier molecular flexibility index (Phi) is 4.31. The first kappa shape index (κ1) is 12.7. The van der Waals surface area contributed by atoms with Gasteiger partial charge in [-0.2, -0.15) is 0 Å². The fourth-order valence-electron chi connectivity index (χ4n) is 1.97. The summed E-state index contributed by atoms with van der Waals surface area (Å²) in [4.78, 5) is 2.24.